The van der Waals surface area contributed by atoms with E-state index >= 15 is 0 Å². The van der Waals surface area contributed by atoms with Crippen molar-refractivity contribution in [1.29, 1.82) is 0 Å². The molecule has 2 N–H and O–H groups in total. The van der Waals surface area contributed by atoms with Gasteiger partial charge < -0.3 is 10.5 Å². The molecule has 1 aliphatic rings. The zero-order chi connectivity index (χ0) is 15.9. The molecule has 0 aromatic heterocycles. The van der Waals surface area contributed by atoms with Gasteiger partial charge in [-0.15, -0.1) is 0 Å². The molecule has 114 valence electrons. The number of benzene rings is 1. The van der Waals surface area contributed by atoms with Crippen molar-refractivity contribution in [1.82, 2.24) is 0 Å². The quantitative estimate of drug-likeness (QED) is 0.393. The van der Waals surface area contributed by atoms with Crippen molar-refractivity contribution in [3.8, 4) is 0 Å². The number of ether oxygens (including phenoxy) is 1. The molecule has 2 rings (SSSR count). The molecule has 1 heterocycles. The van der Waals surface area contributed by atoms with Crippen molar-refractivity contribution < 1.29 is 31.5 Å². The second kappa shape index (κ2) is 5.55. The number of rotatable bonds is 2. The van der Waals surface area contributed by atoms with Crippen LogP contribution in [0.3, 0.4) is 0 Å². The van der Waals surface area contributed by atoms with Gasteiger partial charge in [-0.05, 0) is 6.42 Å². The standard InChI is InChI=1S/C12H8F5NO2S/c1-20-12(19)3-2-4(21-11(3)18)5-6(13)8(15)10(17)9(16)7(5)14/h4H,2,18H2,1H3. The molecule has 3 nitrogen and oxygen atoms in total. The van der Waals surface area contributed by atoms with Gasteiger partial charge in [-0.3, -0.25) is 0 Å². The number of methoxy groups -OCH3 is 1. The summed E-state index contributed by atoms with van der Waals surface area (Å²) >= 11 is 0.643. The number of carbonyl (C=O) groups is 1. The summed E-state index contributed by atoms with van der Waals surface area (Å²) < 4.78 is 71.1. The lowest BCUT2D eigenvalue weighted by molar-refractivity contribution is -0.136. The summed E-state index contributed by atoms with van der Waals surface area (Å²) in [7, 11) is 1.08. The molecule has 21 heavy (non-hydrogen) atoms. The van der Waals surface area contributed by atoms with Gasteiger partial charge in [0, 0.05) is 10.8 Å². The maximum atomic E-state index is 13.7. The van der Waals surface area contributed by atoms with Gasteiger partial charge in [0.15, 0.2) is 23.3 Å². The molecule has 0 saturated carbocycles. The zero-order valence-electron chi connectivity index (χ0n) is 10.5. The maximum absolute atomic E-state index is 13.7. The summed E-state index contributed by atoms with van der Waals surface area (Å²) in [6.45, 7) is 0. The van der Waals surface area contributed by atoms with Crippen molar-refractivity contribution in [2.45, 2.75) is 11.7 Å². The van der Waals surface area contributed by atoms with Gasteiger partial charge in [-0.1, -0.05) is 11.8 Å². The van der Waals surface area contributed by atoms with E-state index in [2.05, 4.69) is 4.74 Å². The summed E-state index contributed by atoms with van der Waals surface area (Å²) in [5.41, 5.74) is 4.46. The first-order valence-corrected chi connectivity index (χ1v) is 6.42. The molecule has 0 amide bonds. The van der Waals surface area contributed by atoms with E-state index in [-0.39, 0.29) is 17.0 Å². The van der Waals surface area contributed by atoms with E-state index in [9.17, 15) is 26.7 Å². The first-order chi connectivity index (χ1) is 9.79. The third-order valence-electron chi connectivity index (χ3n) is 2.95. The largest absolute Gasteiger partial charge is 0.466 e. The maximum Gasteiger partial charge on any atom is 0.336 e. The highest BCUT2D eigenvalue weighted by Crippen LogP contribution is 2.48. The summed E-state index contributed by atoms with van der Waals surface area (Å²) in [5, 5.41) is -1.26. The fourth-order valence-electron chi connectivity index (χ4n) is 1.92. The minimum Gasteiger partial charge on any atom is -0.466 e. The van der Waals surface area contributed by atoms with Crippen LogP contribution in [0.25, 0.3) is 0 Å². The van der Waals surface area contributed by atoms with Gasteiger partial charge in [0.05, 0.1) is 17.7 Å². The molecule has 0 spiro atoms. The van der Waals surface area contributed by atoms with E-state index in [1.54, 1.807) is 0 Å². The first-order valence-electron chi connectivity index (χ1n) is 5.54. The molecule has 0 fully saturated rings. The minimum atomic E-state index is -2.23. The fraction of sp³-hybridized carbons (Fsp3) is 0.250. The highest BCUT2D eigenvalue weighted by Gasteiger charge is 2.36. The highest BCUT2D eigenvalue weighted by atomic mass is 32.2. The molecule has 0 radical (unpaired) electrons. The van der Waals surface area contributed by atoms with Crippen LogP contribution in [-0.2, 0) is 9.53 Å². The molecule has 9 heteroatoms. The lowest BCUT2D eigenvalue weighted by atomic mass is 10.0. The van der Waals surface area contributed by atoms with Crippen LogP contribution in [0.15, 0.2) is 10.6 Å². The fourth-order valence-corrected chi connectivity index (χ4v) is 3.11. The van der Waals surface area contributed by atoms with E-state index in [1.807, 2.05) is 0 Å². The van der Waals surface area contributed by atoms with E-state index in [0.717, 1.165) is 7.11 Å². The monoisotopic (exact) mass is 325 g/mol. The Morgan fingerprint density at radius 2 is 1.57 bits per heavy atom. The normalized spacial score (nSPS) is 18.3. The number of halogens is 5. The smallest absolute Gasteiger partial charge is 0.336 e. The number of nitrogens with two attached hydrogens (primary N) is 1. The van der Waals surface area contributed by atoms with Crippen LogP contribution in [-0.4, -0.2) is 13.1 Å². The van der Waals surface area contributed by atoms with Crippen LogP contribution in [0.4, 0.5) is 22.0 Å². The van der Waals surface area contributed by atoms with Crippen LogP contribution in [0, 0.1) is 29.1 Å². The Morgan fingerprint density at radius 1 is 1.10 bits per heavy atom. The first kappa shape index (κ1) is 15.6. The van der Waals surface area contributed by atoms with Crippen LogP contribution in [0.2, 0.25) is 0 Å². The summed E-state index contributed by atoms with van der Waals surface area (Å²) in [6, 6.07) is 0. The van der Waals surface area contributed by atoms with E-state index in [0.29, 0.717) is 11.8 Å². The number of hydrogen-bond donors (Lipinski definition) is 1. The Bertz CT molecular complexity index is 633. The van der Waals surface area contributed by atoms with Crippen LogP contribution >= 0.6 is 11.8 Å². The lowest BCUT2D eigenvalue weighted by Gasteiger charge is -2.13. The van der Waals surface area contributed by atoms with Crippen molar-refractivity contribution in [3.05, 3.63) is 45.3 Å². The Labute approximate surface area is 119 Å². The Kier molecular flexibility index (Phi) is 4.13. The molecule has 0 saturated heterocycles. The number of thioether (sulfide) groups is 1. The van der Waals surface area contributed by atoms with Crippen LogP contribution < -0.4 is 5.73 Å². The van der Waals surface area contributed by atoms with Crippen molar-refractivity contribution in [2.75, 3.05) is 7.11 Å². The molecule has 1 unspecified atom stereocenters. The van der Waals surface area contributed by atoms with Crippen molar-refractivity contribution in [3.63, 3.8) is 0 Å². The number of esters is 1. The van der Waals surface area contributed by atoms with Gasteiger partial charge in [-0.2, -0.15) is 0 Å². The van der Waals surface area contributed by atoms with Gasteiger partial charge in [-0.25, -0.2) is 26.7 Å². The predicted molar refractivity (Wildman–Crippen MR) is 64.4 cm³/mol. The number of hydrogen-bond acceptors (Lipinski definition) is 4. The summed E-state index contributed by atoms with van der Waals surface area (Å²) in [6.07, 6.45) is -0.290. The molecule has 1 aliphatic heterocycles. The highest BCUT2D eigenvalue weighted by molar-refractivity contribution is 8.03. The van der Waals surface area contributed by atoms with Gasteiger partial charge in [0.25, 0.3) is 0 Å². The predicted octanol–water partition coefficient (Wildman–Crippen LogP) is 2.90. The lowest BCUT2D eigenvalue weighted by Crippen LogP contribution is -2.10. The molecule has 0 aliphatic carbocycles. The van der Waals surface area contributed by atoms with Crippen LogP contribution in [0.1, 0.15) is 17.2 Å². The topological polar surface area (TPSA) is 52.3 Å². The van der Waals surface area contributed by atoms with E-state index in [4.69, 9.17) is 5.73 Å². The molecule has 1 aromatic carbocycles. The van der Waals surface area contributed by atoms with Crippen molar-refractivity contribution in [2.24, 2.45) is 5.73 Å². The van der Waals surface area contributed by atoms with Gasteiger partial charge in [0.2, 0.25) is 5.82 Å². The van der Waals surface area contributed by atoms with E-state index < -0.39 is 45.9 Å². The van der Waals surface area contributed by atoms with Gasteiger partial charge >= 0.3 is 5.97 Å². The average Bonchev–Trinajstić information content (AvgIpc) is 2.84. The minimum absolute atomic E-state index is 0.0589. The Morgan fingerprint density at radius 3 is 2.05 bits per heavy atom. The SMILES string of the molecule is COC(=O)C1=C(N)SC(c2c(F)c(F)c(F)c(F)c2F)C1. The van der Waals surface area contributed by atoms with Crippen molar-refractivity contribution >= 4 is 17.7 Å². The average molecular weight is 325 g/mol. The molecule has 0 bridgehead atoms. The third-order valence-corrected chi connectivity index (χ3v) is 4.14. The Hall–Kier alpha value is -1.77. The summed E-state index contributed by atoms with van der Waals surface area (Å²) in [5.74, 6) is -11.0. The molecule has 1 atom stereocenters. The molecule has 1 aromatic rings. The number of carbonyl (C=O) groups excluding carboxylic acids is 1. The second-order valence-corrected chi connectivity index (χ2v) is 5.37. The molecular weight excluding hydrogens is 317 g/mol. The van der Waals surface area contributed by atoms with Crippen LogP contribution in [0.5, 0.6) is 0 Å². The third kappa shape index (κ3) is 2.45. The van der Waals surface area contributed by atoms with E-state index in [1.165, 1.54) is 0 Å². The zero-order valence-corrected chi connectivity index (χ0v) is 11.3. The second-order valence-electron chi connectivity index (χ2n) is 4.13. The summed E-state index contributed by atoms with van der Waals surface area (Å²) in [4.78, 5) is 11.4. The van der Waals surface area contributed by atoms with Gasteiger partial charge in [0.1, 0.15) is 0 Å². The Balaban J connectivity index is 2.45. The molecular formula is C12H8F5NO2S.